The van der Waals surface area contributed by atoms with Gasteiger partial charge < -0.3 is 9.29 Å². The van der Waals surface area contributed by atoms with Gasteiger partial charge >= 0.3 is 16.4 Å². The van der Waals surface area contributed by atoms with Crippen molar-refractivity contribution >= 4 is 16.4 Å². The molecule has 0 fully saturated rings. The van der Waals surface area contributed by atoms with Crippen LogP contribution in [0.15, 0.2) is 18.2 Å². The van der Waals surface area contributed by atoms with Gasteiger partial charge in [0, 0.05) is 0 Å². The smallest absolute Gasteiger partial charge is 0.446 e. The molecular weight excluding hydrogens is 231 g/mol. The van der Waals surface area contributed by atoms with Crippen LogP contribution >= 0.6 is 0 Å². The Kier molecular flexibility index (Phi) is 2.91. The van der Waals surface area contributed by atoms with Crippen LogP contribution in [0.5, 0.6) is 5.75 Å². The van der Waals surface area contributed by atoms with Gasteiger partial charge in [-0.2, -0.15) is 8.42 Å². The van der Waals surface area contributed by atoms with E-state index in [1.807, 2.05) is 0 Å². The summed E-state index contributed by atoms with van der Waals surface area (Å²) < 4.78 is 45.7. The third-order valence-corrected chi connectivity index (χ3v) is 1.76. The van der Waals surface area contributed by atoms with Crippen LogP contribution < -0.4 is 4.18 Å². The molecule has 6 nitrogen and oxygen atoms in total. The summed E-state index contributed by atoms with van der Waals surface area (Å²) in [7, 11) is -4.96. The van der Waals surface area contributed by atoms with Crippen LogP contribution in [0.4, 0.5) is 4.39 Å². The molecule has 2 N–H and O–H groups in total. The summed E-state index contributed by atoms with van der Waals surface area (Å²) in [4.78, 5) is 10.5. The SMILES string of the molecule is O=C(O)c1cccc(F)c1OS(=O)(=O)O. The Labute approximate surface area is 83.9 Å². The molecule has 0 atom stereocenters. The van der Waals surface area contributed by atoms with E-state index in [0.717, 1.165) is 18.2 Å². The van der Waals surface area contributed by atoms with Gasteiger partial charge in [0.1, 0.15) is 5.56 Å². The topological polar surface area (TPSA) is 101 Å². The fraction of sp³-hybridized carbons (Fsp3) is 0. The molecule has 1 aromatic rings. The number of hydrogen-bond donors (Lipinski definition) is 2. The molecule has 15 heavy (non-hydrogen) atoms. The predicted molar refractivity (Wildman–Crippen MR) is 45.5 cm³/mol. The average molecular weight is 236 g/mol. The van der Waals surface area contributed by atoms with Gasteiger partial charge in [-0.3, -0.25) is 4.55 Å². The molecule has 0 bridgehead atoms. The van der Waals surface area contributed by atoms with Crippen molar-refractivity contribution in [3.05, 3.63) is 29.6 Å². The number of hydrogen-bond acceptors (Lipinski definition) is 4. The number of para-hydroxylation sites is 1. The number of benzene rings is 1. The monoisotopic (exact) mass is 236 g/mol. The van der Waals surface area contributed by atoms with Crippen LogP contribution in [-0.2, 0) is 10.4 Å². The lowest BCUT2D eigenvalue weighted by Gasteiger charge is -2.05. The van der Waals surface area contributed by atoms with Crippen molar-refractivity contribution in [3.8, 4) is 5.75 Å². The van der Waals surface area contributed by atoms with Crippen molar-refractivity contribution < 1.29 is 31.4 Å². The van der Waals surface area contributed by atoms with Crippen LogP contribution in [-0.4, -0.2) is 24.0 Å². The minimum Gasteiger partial charge on any atom is -0.478 e. The summed E-state index contributed by atoms with van der Waals surface area (Å²) in [6, 6.07) is 2.80. The minimum absolute atomic E-state index is 0.701. The molecule has 0 aromatic heterocycles. The second kappa shape index (κ2) is 3.83. The van der Waals surface area contributed by atoms with Crippen molar-refractivity contribution in [2.75, 3.05) is 0 Å². The van der Waals surface area contributed by atoms with Gasteiger partial charge in [0.25, 0.3) is 0 Å². The molecule has 0 spiro atoms. The van der Waals surface area contributed by atoms with E-state index in [1.54, 1.807) is 0 Å². The summed E-state index contributed by atoms with van der Waals surface area (Å²) in [5.74, 6) is -3.83. The highest BCUT2D eigenvalue weighted by Crippen LogP contribution is 2.23. The van der Waals surface area contributed by atoms with E-state index in [4.69, 9.17) is 9.66 Å². The van der Waals surface area contributed by atoms with E-state index < -0.39 is 33.5 Å². The zero-order chi connectivity index (χ0) is 11.6. The molecule has 1 aromatic carbocycles. The van der Waals surface area contributed by atoms with Crippen LogP contribution in [0.2, 0.25) is 0 Å². The quantitative estimate of drug-likeness (QED) is 0.749. The molecule has 0 amide bonds. The van der Waals surface area contributed by atoms with Gasteiger partial charge in [0.2, 0.25) is 0 Å². The Bertz CT molecular complexity index is 494. The first-order valence-corrected chi connectivity index (χ1v) is 4.86. The molecule has 0 aliphatic rings. The standard InChI is InChI=1S/C7H5FO6S/c8-5-3-1-2-4(7(9)10)6(5)14-15(11,12)13/h1-3H,(H,9,10)(H,11,12,13). The zero-order valence-electron chi connectivity index (χ0n) is 7.05. The highest BCUT2D eigenvalue weighted by Gasteiger charge is 2.20. The predicted octanol–water partition coefficient (Wildman–Crippen LogP) is 0.706. The molecule has 82 valence electrons. The van der Waals surface area contributed by atoms with Crippen LogP contribution in [0.1, 0.15) is 10.4 Å². The maximum absolute atomic E-state index is 13.0. The normalized spacial score (nSPS) is 11.1. The highest BCUT2D eigenvalue weighted by molar-refractivity contribution is 7.81. The lowest BCUT2D eigenvalue weighted by atomic mass is 10.2. The lowest BCUT2D eigenvalue weighted by Crippen LogP contribution is -2.11. The van der Waals surface area contributed by atoms with E-state index in [-0.39, 0.29) is 0 Å². The first-order valence-electron chi connectivity index (χ1n) is 3.50. The van der Waals surface area contributed by atoms with Crippen molar-refractivity contribution in [1.82, 2.24) is 0 Å². The summed E-state index contributed by atoms with van der Waals surface area (Å²) in [5.41, 5.74) is -0.701. The number of rotatable bonds is 3. The molecule has 0 aliphatic carbocycles. The van der Waals surface area contributed by atoms with E-state index in [1.165, 1.54) is 0 Å². The molecule has 0 aliphatic heterocycles. The molecule has 0 radical (unpaired) electrons. The van der Waals surface area contributed by atoms with Gasteiger partial charge in [0.15, 0.2) is 11.6 Å². The largest absolute Gasteiger partial charge is 0.478 e. The maximum atomic E-state index is 13.0. The third-order valence-electron chi connectivity index (χ3n) is 1.39. The van der Waals surface area contributed by atoms with Gasteiger partial charge in [-0.05, 0) is 12.1 Å². The molecule has 0 saturated heterocycles. The number of carboxylic acid groups (broad SMARTS) is 1. The zero-order valence-corrected chi connectivity index (χ0v) is 7.86. The summed E-state index contributed by atoms with van der Waals surface area (Å²) >= 11 is 0. The Morgan fingerprint density at radius 1 is 1.40 bits per heavy atom. The molecule has 1 rings (SSSR count). The third kappa shape index (κ3) is 2.89. The van der Waals surface area contributed by atoms with E-state index in [9.17, 15) is 17.6 Å². The van der Waals surface area contributed by atoms with Gasteiger partial charge in [-0.1, -0.05) is 6.07 Å². The van der Waals surface area contributed by atoms with Crippen molar-refractivity contribution in [2.24, 2.45) is 0 Å². The first-order chi connectivity index (χ1) is 6.81. The fourth-order valence-corrected chi connectivity index (χ4v) is 1.25. The lowest BCUT2D eigenvalue weighted by molar-refractivity contribution is 0.0694. The van der Waals surface area contributed by atoms with Crippen molar-refractivity contribution in [2.45, 2.75) is 0 Å². The average Bonchev–Trinajstić information content (AvgIpc) is 2.05. The van der Waals surface area contributed by atoms with E-state index in [2.05, 4.69) is 4.18 Å². The number of carbonyl (C=O) groups is 1. The molecule has 0 heterocycles. The van der Waals surface area contributed by atoms with Gasteiger partial charge in [-0.25, -0.2) is 9.18 Å². The first kappa shape index (κ1) is 11.4. The number of aromatic carboxylic acids is 1. The summed E-state index contributed by atoms with van der Waals surface area (Å²) in [6.07, 6.45) is 0. The molecule has 8 heteroatoms. The maximum Gasteiger partial charge on any atom is 0.446 e. The number of halogens is 1. The fourth-order valence-electron chi connectivity index (χ4n) is 0.867. The highest BCUT2D eigenvalue weighted by atomic mass is 32.3. The van der Waals surface area contributed by atoms with Gasteiger partial charge in [0.05, 0.1) is 0 Å². The molecule has 0 saturated carbocycles. The Morgan fingerprint density at radius 3 is 2.47 bits per heavy atom. The molecule has 0 unspecified atom stereocenters. The number of carboxylic acids is 1. The van der Waals surface area contributed by atoms with E-state index in [0.29, 0.717) is 0 Å². The van der Waals surface area contributed by atoms with Crippen LogP contribution in [0.25, 0.3) is 0 Å². The summed E-state index contributed by atoms with van der Waals surface area (Å²) in [6.45, 7) is 0. The Hall–Kier alpha value is -1.67. The second-order valence-electron chi connectivity index (χ2n) is 2.43. The minimum atomic E-state index is -4.96. The second-order valence-corrected chi connectivity index (χ2v) is 3.45. The Morgan fingerprint density at radius 2 is 2.00 bits per heavy atom. The molecular formula is C7H5FO6S. The summed E-state index contributed by atoms with van der Waals surface area (Å²) in [5, 5.41) is 8.56. The van der Waals surface area contributed by atoms with Crippen LogP contribution in [0, 0.1) is 5.82 Å². The van der Waals surface area contributed by atoms with Crippen molar-refractivity contribution in [1.29, 1.82) is 0 Å². The van der Waals surface area contributed by atoms with Crippen LogP contribution in [0.3, 0.4) is 0 Å². The van der Waals surface area contributed by atoms with Gasteiger partial charge in [-0.15, -0.1) is 0 Å². The van der Waals surface area contributed by atoms with Crippen molar-refractivity contribution in [3.63, 3.8) is 0 Å². The van der Waals surface area contributed by atoms with E-state index >= 15 is 0 Å². The Balaban J connectivity index is 3.32.